The van der Waals surface area contributed by atoms with Gasteiger partial charge in [-0.15, -0.1) is 0 Å². The van der Waals surface area contributed by atoms with E-state index in [1.165, 1.54) is 12.1 Å². The van der Waals surface area contributed by atoms with Gasteiger partial charge in [-0.25, -0.2) is 8.42 Å². The summed E-state index contributed by atoms with van der Waals surface area (Å²) in [4.78, 5) is 0.202. The van der Waals surface area contributed by atoms with Gasteiger partial charge in [-0.3, -0.25) is 0 Å². The van der Waals surface area contributed by atoms with E-state index in [2.05, 4.69) is 0 Å². The van der Waals surface area contributed by atoms with Crippen molar-refractivity contribution in [2.45, 2.75) is 9.79 Å². The summed E-state index contributed by atoms with van der Waals surface area (Å²) < 4.78 is 26.4. The Labute approximate surface area is 181 Å². The number of sulfone groups is 1. The van der Waals surface area contributed by atoms with Gasteiger partial charge in [0.2, 0.25) is 9.84 Å². The largest absolute Gasteiger partial charge is 0.399 e. The number of anilines is 4. The van der Waals surface area contributed by atoms with Gasteiger partial charge in [0.1, 0.15) is 0 Å². The quantitative estimate of drug-likeness (QED) is 0.358. The SMILES string of the molecule is Nc1ccc(-c2ccc(S(=O)(=O)c3ccc(-c4ccc(N)cc4)c(N)c3)cc2N)cc1. The molecule has 4 aromatic rings. The third-order valence-electron chi connectivity index (χ3n) is 5.11. The number of rotatable bonds is 4. The summed E-state index contributed by atoms with van der Waals surface area (Å²) in [6, 6.07) is 23.8. The van der Waals surface area contributed by atoms with Crippen LogP contribution < -0.4 is 22.9 Å². The van der Waals surface area contributed by atoms with Gasteiger partial charge < -0.3 is 22.9 Å². The van der Waals surface area contributed by atoms with Gasteiger partial charge in [-0.05, 0) is 59.7 Å². The summed E-state index contributed by atoms with van der Waals surface area (Å²) in [5, 5.41) is 0. The van der Waals surface area contributed by atoms with Gasteiger partial charge in [0.05, 0.1) is 9.79 Å². The Balaban J connectivity index is 1.70. The highest BCUT2D eigenvalue weighted by molar-refractivity contribution is 7.91. The molecule has 0 aliphatic heterocycles. The molecule has 4 aromatic carbocycles. The predicted octanol–water partition coefficient (Wildman–Crippen LogP) is 4.18. The Bertz CT molecular complexity index is 1260. The van der Waals surface area contributed by atoms with Crippen molar-refractivity contribution >= 4 is 32.6 Å². The second-order valence-electron chi connectivity index (χ2n) is 7.25. The average Bonchev–Trinajstić information content (AvgIpc) is 2.75. The second-order valence-corrected chi connectivity index (χ2v) is 9.20. The monoisotopic (exact) mass is 430 g/mol. The van der Waals surface area contributed by atoms with Crippen LogP contribution in [0.5, 0.6) is 0 Å². The van der Waals surface area contributed by atoms with Crippen LogP contribution in [-0.4, -0.2) is 8.42 Å². The van der Waals surface area contributed by atoms with Crippen LogP contribution in [0.3, 0.4) is 0 Å². The van der Waals surface area contributed by atoms with Gasteiger partial charge in [0.25, 0.3) is 0 Å². The van der Waals surface area contributed by atoms with Crippen LogP contribution in [-0.2, 0) is 9.84 Å². The lowest BCUT2D eigenvalue weighted by atomic mass is 10.0. The summed E-state index contributed by atoms with van der Waals surface area (Å²) >= 11 is 0. The van der Waals surface area contributed by atoms with E-state index in [-0.39, 0.29) is 9.79 Å². The topological polar surface area (TPSA) is 138 Å². The first-order valence-corrected chi connectivity index (χ1v) is 11.0. The Kier molecular flexibility index (Phi) is 5.04. The fourth-order valence-corrected chi connectivity index (χ4v) is 4.73. The van der Waals surface area contributed by atoms with Crippen LogP contribution in [0.1, 0.15) is 0 Å². The molecule has 4 rings (SSSR count). The molecule has 31 heavy (non-hydrogen) atoms. The average molecular weight is 431 g/mol. The summed E-state index contributed by atoms with van der Waals surface area (Å²) in [5.41, 5.74) is 29.0. The number of hydrogen-bond acceptors (Lipinski definition) is 6. The van der Waals surface area contributed by atoms with Crippen LogP contribution >= 0.6 is 0 Å². The summed E-state index contributed by atoms with van der Waals surface area (Å²) in [5.74, 6) is 0. The zero-order chi connectivity index (χ0) is 22.2. The highest BCUT2D eigenvalue weighted by Crippen LogP contribution is 2.33. The van der Waals surface area contributed by atoms with E-state index in [1.54, 1.807) is 48.5 Å². The standard InChI is InChI=1S/C24H22N4O2S/c25-17-5-1-15(2-6-17)21-11-9-19(13-23(21)27)31(29,30)20-10-12-22(24(28)14-20)16-3-7-18(26)8-4-16/h1-14H,25-28H2. The maximum Gasteiger partial charge on any atom is 0.206 e. The van der Waals surface area contributed by atoms with E-state index in [9.17, 15) is 8.42 Å². The minimum Gasteiger partial charge on any atom is -0.399 e. The molecule has 0 aromatic heterocycles. The molecule has 0 bridgehead atoms. The third-order valence-corrected chi connectivity index (χ3v) is 6.86. The van der Waals surface area contributed by atoms with Crippen LogP contribution in [0.2, 0.25) is 0 Å². The molecule has 0 saturated carbocycles. The molecule has 0 unspecified atom stereocenters. The van der Waals surface area contributed by atoms with Crippen molar-refractivity contribution in [2.75, 3.05) is 22.9 Å². The van der Waals surface area contributed by atoms with Crippen molar-refractivity contribution in [1.29, 1.82) is 0 Å². The number of benzene rings is 4. The smallest absolute Gasteiger partial charge is 0.206 e. The lowest BCUT2D eigenvalue weighted by Crippen LogP contribution is -2.05. The predicted molar refractivity (Wildman–Crippen MR) is 127 cm³/mol. The van der Waals surface area contributed by atoms with Crippen LogP contribution in [0.25, 0.3) is 22.3 Å². The normalized spacial score (nSPS) is 11.4. The number of hydrogen-bond donors (Lipinski definition) is 4. The first kappa shape index (κ1) is 20.3. The lowest BCUT2D eigenvalue weighted by Gasteiger charge is -2.12. The van der Waals surface area contributed by atoms with E-state index in [0.717, 1.165) is 22.3 Å². The molecule has 0 heterocycles. The van der Waals surface area contributed by atoms with E-state index in [4.69, 9.17) is 22.9 Å². The molecule has 8 N–H and O–H groups in total. The molecule has 6 nitrogen and oxygen atoms in total. The Morgan fingerprint density at radius 1 is 0.484 bits per heavy atom. The minimum absolute atomic E-state index is 0.101. The number of nitrogens with two attached hydrogens (primary N) is 4. The molecule has 0 radical (unpaired) electrons. The van der Waals surface area contributed by atoms with E-state index in [1.807, 2.05) is 24.3 Å². The Morgan fingerprint density at radius 2 is 0.839 bits per heavy atom. The Hall–Kier alpha value is -3.97. The van der Waals surface area contributed by atoms with Crippen molar-refractivity contribution in [1.82, 2.24) is 0 Å². The molecular formula is C24H22N4O2S. The Morgan fingerprint density at radius 3 is 1.16 bits per heavy atom. The minimum atomic E-state index is -3.80. The van der Waals surface area contributed by atoms with Gasteiger partial charge in [-0.2, -0.15) is 0 Å². The van der Waals surface area contributed by atoms with E-state index in [0.29, 0.717) is 22.7 Å². The van der Waals surface area contributed by atoms with E-state index < -0.39 is 9.84 Å². The number of nitrogen functional groups attached to an aromatic ring is 4. The van der Waals surface area contributed by atoms with Crippen molar-refractivity contribution in [3.05, 3.63) is 84.9 Å². The fraction of sp³-hybridized carbons (Fsp3) is 0. The van der Waals surface area contributed by atoms with E-state index >= 15 is 0 Å². The van der Waals surface area contributed by atoms with Crippen LogP contribution in [0.15, 0.2) is 94.7 Å². The molecule has 156 valence electrons. The van der Waals surface area contributed by atoms with Crippen LogP contribution in [0.4, 0.5) is 22.7 Å². The van der Waals surface area contributed by atoms with Crippen molar-refractivity contribution in [3.63, 3.8) is 0 Å². The molecule has 7 heteroatoms. The summed E-state index contributed by atoms with van der Waals surface area (Å²) in [6.45, 7) is 0. The molecule has 0 fully saturated rings. The second kappa shape index (κ2) is 7.70. The molecule has 0 aliphatic carbocycles. The maximum absolute atomic E-state index is 13.2. The molecular weight excluding hydrogens is 408 g/mol. The van der Waals surface area contributed by atoms with Crippen LogP contribution in [0, 0.1) is 0 Å². The van der Waals surface area contributed by atoms with Crippen molar-refractivity contribution < 1.29 is 8.42 Å². The zero-order valence-electron chi connectivity index (χ0n) is 16.6. The highest BCUT2D eigenvalue weighted by atomic mass is 32.2. The lowest BCUT2D eigenvalue weighted by molar-refractivity contribution is 0.596. The van der Waals surface area contributed by atoms with Gasteiger partial charge in [0.15, 0.2) is 0 Å². The zero-order valence-corrected chi connectivity index (χ0v) is 17.4. The molecule has 0 saturated heterocycles. The maximum atomic E-state index is 13.2. The fourth-order valence-electron chi connectivity index (χ4n) is 3.40. The third kappa shape index (κ3) is 3.91. The molecule has 0 amide bonds. The van der Waals surface area contributed by atoms with Gasteiger partial charge >= 0.3 is 0 Å². The molecule has 0 aliphatic rings. The van der Waals surface area contributed by atoms with Crippen molar-refractivity contribution in [3.8, 4) is 22.3 Å². The molecule has 0 atom stereocenters. The molecule has 0 spiro atoms. The highest BCUT2D eigenvalue weighted by Gasteiger charge is 2.20. The van der Waals surface area contributed by atoms with Gasteiger partial charge in [-0.1, -0.05) is 36.4 Å². The van der Waals surface area contributed by atoms with Crippen molar-refractivity contribution in [2.24, 2.45) is 0 Å². The first-order valence-electron chi connectivity index (χ1n) is 9.52. The van der Waals surface area contributed by atoms with Gasteiger partial charge in [0, 0.05) is 33.9 Å². The summed E-state index contributed by atoms with van der Waals surface area (Å²) in [7, 11) is -3.80. The summed E-state index contributed by atoms with van der Waals surface area (Å²) in [6.07, 6.45) is 0. The first-order chi connectivity index (χ1) is 14.8.